The van der Waals surface area contributed by atoms with Crippen molar-refractivity contribution in [3.05, 3.63) is 29.3 Å². The summed E-state index contributed by atoms with van der Waals surface area (Å²) in [5.41, 5.74) is 0.804. The molecule has 0 radical (unpaired) electrons. The first-order chi connectivity index (χ1) is 10.6. The Labute approximate surface area is 135 Å². The van der Waals surface area contributed by atoms with Gasteiger partial charge in [0.1, 0.15) is 0 Å². The molecule has 2 aliphatic heterocycles. The summed E-state index contributed by atoms with van der Waals surface area (Å²) in [5, 5.41) is 3.91. The minimum Gasteiger partial charge on any atom is -0.337 e. The first kappa shape index (κ1) is 15.3. The van der Waals surface area contributed by atoms with E-state index in [0.29, 0.717) is 18.1 Å². The topological polar surface area (TPSA) is 52.7 Å². The molecule has 1 aromatic rings. The molecule has 1 aromatic carbocycles. The van der Waals surface area contributed by atoms with E-state index >= 15 is 0 Å². The molecule has 2 saturated heterocycles. The second kappa shape index (κ2) is 6.26. The number of hydrogen-bond donors (Lipinski definition) is 1. The Morgan fingerprint density at radius 1 is 1.32 bits per heavy atom. The van der Waals surface area contributed by atoms with Crippen molar-refractivity contribution in [3.63, 3.8) is 0 Å². The maximum absolute atomic E-state index is 12.7. The summed E-state index contributed by atoms with van der Waals surface area (Å²) in [6.45, 7) is 4.84. The summed E-state index contributed by atoms with van der Waals surface area (Å²) >= 11 is 5.88. The van der Waals surface area contributed by atoms with Gasteiger partial charge in [0.15, 0.2) is 0 Å². The van der Waals surface area contributed by atoms with Gasteiger partial charge < -0.3 is 15.1 Å². The van der Waals surface area contributed by atoms with E-state index in [-0.39, 0.29) is 30.2 Å². The Balaban J connectivity index is 1.71. The maximum Gasteiger partial charge on any atom is 0.228 e. The smallest absolute Gasteiger partial charge is 0.228 e. The summed E-state index contributed by atoms with van der Waals surface area (Å²) in [4.78, 5) is 28.5. The van der Waals surface area contributed by atoms with E-state index in [1.807, 2.05) is 24.0 Å². The Morgan fingerprint density at radius 3 is 2.73 bits per heavy atom. The molecule has 2 atom stereocenters. The van der Waals surface area contributed by atoms with Crippen molar-refractivity contribution < 1.29 is 9.59 Å². The number of piperazine rings is 1. The van der Waals surface area contributed by atoms with Gasteiger partial charge in [-0.25, -0.2) is 0 Å². The van der Waals surface area contributed by atoms with Crippen LogP contribution in [-0.2, 0) is 9.59 Å². The molecule has 1 N–H and O–H groups in total. The molecule has 2 fully saturated rings. The van der Waals surface area contributed by atoms with Crippen molar-refractivity contribution >= 4 is 29.1 Å². The molecule has 0 spiro atoms. The molecule has 0 aromatic heterocycles. The van der Waals surface area contributed by atoms with Crippen LogP contribution in [0.25, 0.3) is 0 Å². The van der Waals surface area contributed by atoms with Crippen LogP contribution in [0.1, 0.15) is 13.3 Å². The Hall–Kier alpha value is -1.59. The van der Waals surface area contributed by atoms with E-state index in [9.17, 15) is 9.59 Å². The third-order valence-electron chi connectivity index (χ3n) is 4.40. The van der Waals surface area contributed by atoms with Crippen LogP contribution in [0.4, 0.5) is 5.69 Å². The molecule has 0 saturated carbocycles. The lowest BCUT2D eigenvalue weighted by Crippen LogP contribution is -2.54. The first-order valence-corrected chi connectivity index (χ1v) is 8.01. The highest BCUT2D eigenvalue weighted by Crippen LogP contribution is 2.27. The number of nitrogens with one attached hydrogen (secondary N) is 1. The number of halogens is 1. The summed E-state index contributed by atoms with van der Waals surface area (Å²) in [7, 11) is 0. The third kappa shape index (κ3) is 2.96. The molecule has 3 rings (SSSR count). The largest absolute Gasteiger partial charge is 0.337 e. The number of carbonyl (C=O) groups is 2. The van der Waals surface area contributed by atoms with E-state index in [4.69, 9.17) is 11.6 Å². The lowest BCUT2D eigenvalue weighted by Gasteiger charge is -2.35. The monoisotopic (exact) mass is 321 g/mol. The number of amides is 2. The lowest BCUT2D eigenvalue weighted by molar-refractivity contribution is -0.138. The molecule has 2 amide bonds. The fourth-order valence-electron chi connectivity index (χ4n) is 3.15. The molecule has 2 heterocycles. The number of nitrogens with zero attached hydrogens (tertiary/aromatic N) is 2. The number of rotatable bonds is 2. The van der Waals surface area contributed by atoms with Gasteiger partial charge in [0.05, 0.1) is 5.92 Å². The quantitative estimate of drug-likeness (QED) is 0.898. The van der Waals surface area contributed by atoms with Crippen LogP contribution in [0.5, 0.6) is 0 Å². The van der Waals surface area contributed by atoms with Crippen molar-refractivity contribution in [2.75, 3.05) is 31.1 Å². The lowest BCUT2D eigenvalue weighted by atomic mass is 10.1. The zero-order chi connectivity index (χ0) is 15.7. The molecule has 0 aliphatic carbocycles. The highest BCUT2D eigenvalue weighted by molar-refractivity contribution is 6.30. The Morgan fingerprint density at radius 2 is 2.05 bits per heavy atom. The number of benzene rings is 1. The Bertz CT molecular complexity index is 575. The summed E-state index contributed by atoms with van der Waals surface area (Å²) < 4.78 is 0. The number of anilines is 1. The van der Waals surface area contributed by atoms with Crippen molar-refractivity contribution in [1.82, 2.24) is 10.2 Å². The maximum atomic E-state index is 12.7. The van der Waals surface area contributed by atoms with E-state index in [1.165, 1.54) is 0 Å². The fourth-order valence-corrected chi connectivity index (χ4v) is 3.27. The van der Waals surface area contributed by atoms with E-state index < -0.39 is 0 Å². The second-order valence-corrected chi connectivity index (χ2v) is 6.40. The average molecular weight is 322 g/mol. The van der Waals surface area contributed by atoms with Gasteiger partial charge in [-0.15, -0.1) is 0 Å². The molecule has 22 heavy (non-hydrogen) atoms. The number of carbonyl (C=O) groups excluding carboxylic acids is 2. The van der Waals surface area contributed by atoms with Gasteiger partial charge in [0, 0.05) is 49.4 Å². The van der Waals surface area contributed by atoms with Crippen molar-refractivity contribution in [2.45, 2.75) is 19.4 Å². The van der Waals surface area contributed by atoms with E-state index in [0.717, 1.165) is 18.8 Å². The highest BCUT2D eigenvalue weighted by atomic mass is 35.5. The molecule has 5 nitrogen and oxygen atoms in total. The zero-order valence-corrected chi connectivity index (χ0v) is 13.3. The van der Waals surface area contributed by atoms with Crippen LogP contribution < -0.4 is 10.2 Å². The van der Waals surface area contributed by atoms with E-state index in [1.54, 1.807) is 17.0 Å². The van der Waals surface area contributed by atoms with Crippen LogP contribution in [-0.4, -0.2) is 48.9 Å². The zero-order valence-electron chi connectivity index (χ0n) is 12.6. The summed E-state index contributed by atoms with van der Waals surface area (Å²) in [6, 6.07) is 7.34. The van der Waals surface area contributed by atoms with Crippen LogP contribution in [0.2, 0.25) is 5.02 Å². The van der Waals surface area contributed by atoms with Gasteiger partial charge in [0.25, 0.3) is 0 Å². The van der Waals surface area contributed by atoms with Crippen molar-refractivity contribution in [3.8, 4) is 0 Å². The Kier molecular flexibility index (Phi) is 4.36. The molecule has 2 aliphatic rings. The molecule has 118 valence electrons. The SMILES string of the molecule is CC1CNCCN1C(=O)C1CC(=O)N(c2ccc(Cl)cc2)C1. The molecule has 0 bridgehead atoms. The first-order valence-electron chi connectivity index (χ1n) is 7.63. The van der Waals surface area contributed by atoms with Gasteiger partial charge in [0.2, 0.25) is 11.8 Å². The summed E-state index contributed by atoms with van der Waals surface area (Å²) in [5.74, 6) is -0.147. The van der Waals surface area contributed by atoms with Crippen LogP contribution >= 0.6 is 11.6 Å². The minimum atomic E-state index is -0.247. The molecule has 2 unspecified atom stereocenters. The standard InChI is InChI=1S/C16H20ClN3O2/c1-11-9-18-6-7-19(11)16(22)12-8-15(21)20(10-12)14-4-2-13(17)3-5-14/h2-5,11-12,18H,6-10H2,1H3. The van der Waals surface area contributed by atoms with Crippen molar-refractivity contribution in [2.24, 2.45) is 5.92 Å². The number of hydrogen-bond acceptors (Lipinski definition) is 3. The third-order valence-corrected chi connectivity index (χ3v) is 4.65. The van der Waals surface area contributed by atoms with Gasteiger partial charge >= 0.3 is 0 Å². The summed E-state index contributed by atoms with van der Waals surface area (Å²) in [6.07, 6.45) is 0.290. The molecular weight excluding hydrogens is 302 g/mol. The minimum absolute atomic E-state index is 0.00320. The van der Waals surface area contributed by atoms with Crippen molar-refractivity contribution in [1.29, 1.82) is 0 Å². The predicted octanol–water partition coefficient (Wildman–Crippen LogP) is 1.51. The van der Waals surface area contributed by atoms with Gasteiger partial charge in [-0.2, -0.15) is 0 Å². The second-order valence-electron chi connectivity index (χ2n) is 5.97. The van der Waals surface area contributed by atoms with E-state index in [2.05, 4.69) is 5.32 Å². The van der Waals surface area contributed by atoms with Crippen LogP contribution in [0.15, 0.2) is 24.3 Å². The highest BCUT2D eigenvalue weighted by Gasteiger charge is 2.38. The van der Waals surface area contributed by atoms with Gasteiger partial charge in [-0.05, 0) is 31.2 Å². The average Bonchev–Trinajstić information content (AvgIpc) is 2.90. The predicted molar refractivity (Wildman–Crippen MR) is 86.0 cm³/mol. The van der Waals surface area contributed by atoms with Crippen LogP contribution in [0, 0.1) is 5.92 Å². The van der Waals surface area contributed by atoms with Gasteiger partial charge in [-0.1, -0.05) is 11.6 Å². The van der Waals surface area contributed by atoms with Crippen LogP contribution in [0.3, 0.4) is 0 Å². The molecule has 6 heteroatoms. The fraction of sp³-hybridized carbons (Fsp3) is 0.500. The van der Waals surface area contributed by atoms with Gasteiger partial charge in [-0.3, -0.25) is 9.59 Å². The normalized spacial score (nSPS) is 25.6. The molecular formula is C16H20ClN3O2.